The molecule has 6 nitrogen and oxygen atoms in total. The van der Waals surface area contributed by atoms with Gasteiger partial charge in [0.1, 0.15) is 6.04 Å². The van der Waals surface area contributed by atoms with Crippen LogP contribution in [0.1, 0.15) is 59.9 Å². The summed E-state index contributed by atoms with van der Waals surface area (Å²) in [6.45, 7) is 5.90. The van der Waals surface area contributed by atoms with E-state index in [-0.39, 0.29) is 24.2 Å². The van der Waals surface area contributed by atoms with Crippen molar-refractivity contribution in [2.75, 3.05) is 0 Å². The number of carbonyl (C=O) groups excluding carboxylic acids is 4. The van der Waals surface area contributed by atoms with Crippen molar-refractivity contribution in [3.63, 3.8) is 0 Å². The minimum atomic E-state index is -0.923. The Morgan fingerprint density at radius 3 is 2.39 bits per heavy atom. The van der Waals surface area contributed by atoms with Gasteiger partial charge >= 0.3 is 0 Å². The van der Waals surface area contributed by atoms with Crippen LogP contribution < -0.4 is 5.32 Å². The van der Waals surface area contributed by atoms with E-state index in [1.54, 1.807) is 12.1 Å². The Labute approximate surface area is 133 Å². The Hall–Kier alpha value is -2.50. The van der Waals surface area contributed by atoms with Gasteiger partial charge in [-0.2, -0.15) is 0 Å². The summed E-state index contributed by atoms with van der Waals surface area (Å²) in [5, 5.41) is 2.20. The van der Waals surface area contributed by atoms with Gasteiger partial charge in [-0.1, -0.05) is 32.9 Å². The SMILES string of the molecule is CC(C)(C)c1cccc2c1C(=O)N(C1CCC(=O)NC1=O)C2=O. The van der Waals surface area contributed by atoms with Crippen LogP contribution in [-0.4, -0.2) is 34.6 Å². The van der Waals surface area contributed by atoms with Crippen molar-refractivity contribution in [3.05, 3.63) is 34.9 Å². The number of hydrogen-bond donors (Lipinski definition) is 1. The van der Waals surface area contributed by atoms with Crippen LogP contribution in [0.3, 0.4) is 0 Å². The molecule has 2 heterocycles. The second-order valence-corrected chi connectivity index (χ2v) is 6.93. The molecule has 1 N–H and O–H groups in total. The quantitative estimate of drug-likeness (QED) is 0.794. The fourth-order valence-corrected chi connectivity index (χ4v) is 3.14. The van der Waals surface area contributed by atoms with E-state index in [1.165, 1.54) is 0 Å². The molecule has 1 unspecified atom stereocenters. The molecule has 3 rings (SSSR count). The average Bonchev–Trinajstić information content (AvgIpc) is 2.71. The molecular formula is C17H18N2O4. The van der Waals surface area contributed by atoms with Crippen LogP contribution in [0.4, 0.5) is 0 Å². The normalized spacial score (nSPS) is 21.5. The largest absolute Gasteiger partial charge is 0.295 e. The average molecular weight is 314 g/mol. The highest BCUT2D eigenvalue weighted by molar-refractivity contribution is 6.24. The monoisotopic (exact) mass is 314 g/mol. The maximum atomic E-state index is 12.8. The molecule has 23 heavy (non-hydrogen) atoms. The summed E-state index contributed by atoms with van der Waals surface area (Å²) in [7, 11) is 0. The summed E-state index contributed by atoms with van der Waals surface area (Å²) in [6, 6.07) is 4.26. The number of benzene rings is 1. The Balaban J connectivity index is 2.05. The molecule has 1 atom stereocenters. The highest BCUT2D eigenvalue weighted by atomic mass is 16.2. The van der Waals surface area contributed by atoms with Crippen LogP contribution >= 0.6 is 0 Å². The maximum absolute atomic E-state index is 12.8. The summed E-state index contributed by atoms with van der Waals surface area (Å²) in [5.74, 6) is -1.89. The van der Waals surface area contributed by atoms with Gasteiger partial charge in [0.25, 0.3) is 11.8 Å². The van der Waals surface area contributed by atoms with E-state index in [0.717, 1.165) is 10.5 Å². The molecule has 0 saturated carbocycles. The zero-order valence-electron chi connectivity index (χ0n) is 13.3. The third-order valence-corrected chi connectivity index (χ3v) is 4.28. The fourth-order valence-electron chi connectivity index (χ4n) is 3.14. The van der Waals surface area contributed by atoms with Crippen LogP contribution in [0, 0.1) is 0 Å². The number of rotatable bonds is 1. The van der Waals surface area contributed by atoms with E-state index >= 15 is 0 Å². The van der Waals surface area contributed by atoms with E-state index in [2.05, 4.69) is 5.32 Å². The van der Waals surface area contributed by atoms with Gasteiger partial charge in [-0.15, -0.1) is 0 Å². The third-order valence-electron chi connectivity index (χ3n) is 4.28. The lowest BCUT2D eigenvalue weighted by Gasteiger charge is -2.28. The van der Waals surface area contributed by atoms with Crippen molar-refractivity contribution in [2.45, 2.75) is 45.1 Å². The van der Waals surface area contributed by atoms with Crippen LogP contribution in [0.5, 0.6) is 0 Å². The molecule has 1 saturated heterocycles. The summed E-state index contributed by atoms with van der Waals surface area (Å²) in [4.78, 5) is 49.8. The van der Waals surface area contributed by atoms with Crippen molar-refractivity contribution in [1.82, 2.24) is 10.2 Å². The van der Waals surface area contributed by atoms with Gasteiger partial charge in [0.15, 0.2) is 0 Å². The molecule has 1 fully saturated rings. The van der Waals surface area contributed by atoms with Gasteiger partial charge in [-0.25, -0.2) is 0 Å². The lowest BCUT2D eigenvalue weighted by molar-refractivity contribution is -0.136. The second-order valence-electron chi connectivity index (χ2n) is 6.93. The zero-order valence-corrected chi connectivity index (χ0v) is 13.3. The molecule has 0 aromatic heterocycles. The highest BCUT2D eigenvalue weighted by Crippen LogP contribution is 2.35. The molecule has 4 amide bonds. The van der Waals surface area contributed by atoms with Crippen molar-refractivity contribution in [1.29, 1.82) is 0 Å². The van der Waals surface area contributed by atoms with Crippen LogP contribution in [0.25, 0.3) is 0 Å². The molecule has 0 spiro atoms. The van der Waals surface area contributed by atoms with Crippen LogP contribution in [0.15, 0.2) is 18.2 Å². The maximum Gasteiger partial charge on any atom is 0.262 e. The Bertz CT molecular complexity index is 745. The fraction of sp³-hybridized carbons (Fsp3) is 0.412. The highest BCUT2D eigenvalue weighted by Gasteiger charge is 2.46. The molecule has 6 heteroatoms. The number of amides is 4. The van der Waals surface area contributed by atoms with Gasteiger partial charge in [0.2, 0.25) is 11.8 Å². The predicted octanol–water partition coefficient (Wildman–Crippen LogP) is 1.39. The number of carbonyl (C=O) groups is 4. The van der Waals surface area contributed by atoms with E-state index in [0.29, 0.717) is 11.1 Å². The molecule has 1 aromatic carbocycles. The standard InChI is InChI=1S/C17H18N2O4/c1-17(2,3)10-6-4-5-9-13(10)16(23)19(15(9)22)11-7-8-12(20)18-14(11)21/h4-6,11H,7-8H2,1-3H3,(H,18,20,21). The molecular weight excluding hydrogens is 296 g/mol. The number of imide groups is 2. The molecule has 120 valence electrons. The third kappa shape index (κ3) is 2.34. The smallest absolute Gasteiger partial charge is 0.262 e. The Morgan fingerprint density at radius 1 is 1.09 bits per heavy atom. The van der Waals surface area contributed by atoms with Gasteiger partial charge in [-0.3, -0.25) is 29.4 Å². The molecule has 0 radical (unpaired) electrons. The van der Waals surface area contributed by atoms with Crippen molar-refractivity contribution >= 4 is 23.6 Å². The van der Waals surface area contributed by atoms with E-state index in [1.807, 2.05) is 26.8 Å². The first kappa shape index (κ1) is 15.4. The second kappa shape index (κ2) is 5.01. The molecule has 1 aromatic rings. The number of piperidine rings is 1. The van der Waals surface area contributed by atoms with E-state index in [9.17, 15) is 19.2 Å². The minimum absolute atomic E-state index is 0.121. The molecule has 0 aliphatic carbocycles. The summed E-state index contributed by atoms with van der Waals surface area (Å²) in [5.41, 5.74) is 1.17. The van der Waals surface area contributed by atoms with Crippen molar-refractivity contribution in [3.8, 4) is 0 Å². The van der Waals surface area contributed by atoms with Crippen molar-refractivity contribution in [2.24, 2.45) is 0 Å². The van der Waals surface area contributed by atoms with E-state index in [4.69, 9.17) is 0 Å². The Morgan fingerprint density at radius 2 is 1.78 bits per heavy atom. The number of nitrogens with zero attached hydrogens (tertiary/aromatic N) is 1. The first-order valence-corrected chi connectivity index (χ1v) is 7.57. The molecule has 0 bridgehead atoms. The topological polar surface area (TPSA) is 83.6 Å². The van der Waals surface area contributed by atoms with Crippen LogP contribution in [-0.2, 0) is 15.0 Å². The summed E-state index contributed by atoms with van der Waals surface area (Å²) < 4.78 is 0. The molecule has 2 aliphatic heterocycles. The summed E-state index contributed by atoms with van der Waals surface area (Å²) >= 11 is 0. The van der Waals surface area contributed by atoms with Gasteiger partial charge < -0.3 is 0 Å². The van der Waals surface area contributed by atoms with E-state index < -0.39 is 23.8 Å². The number of nitrogens with one attached hydrogen (secondary N) is 1. The van der Waals surface area contributed by atoms with Gasteiger partial charge in [0.05, 0.1) is 11.1 Å². The lowest BCUT2D eigenvalue weighted by Crippen LogP contribution is -2.54. The number of fused-ring (bicyclic) bond motifs is 1. The predicted molar refractivity (Wildman–Crippen MR) is 81.8 cm³/mol. The lowest BCUT2D eigenvalue weighted by atomic mass is 9.82. The van der Waals surface area contributed by atoms with Gasteiger partial charge in [-0.05, 0) is 23.5 Å². The Kier molecular flexibility index (Phi) is 3.35. The van der Waals surface area contributed by atoms with Gasteiger partial charge in [0, 0.05) is 6.42 Å². The molecule has 2 aliphatic rings. The minimum Gasteiger partial charge on any atom is -0.295 e. The first-order chi connectivity index (χ1) is 10.7. The van der Waals surface area contributed by atoms with Crippen molar-refractivity contribution < 1.29 is 19.2 Å². The summed E-state index contributed by atoms with van der Waals surface area (Å²) in [6.07, 6.45) is 0.289. The first-order valence-electron chi connectivity index (χ1n) is 7.57. The zero-order chi connectivity index (χ0) is 16.9. The number of hydrogen-bond acceptors (Lipinski definition) is 4. The van der Waals surface area contributed by atoms with Crippen LogP contribution in [0.2, 0.25) is 0 Å².